The monoisotopic (exact) mass is 452 g/mol. The number of halogens is 1. The number of thiophene rings is 1. The fourth-order valence-corrected chi connectivity index (χ4v) is 4.31. The number of hydrogen-bond donors (Lipinski definition) is 2. The van der Waals surface area contributed by atoms with E-state index in [1.54, 1.807) is 22.3 Å². The van der Waals surface area contributed by atoms with Crippen molar-refractivity contribution in [2.24, 2.45) is 0 Å². The smallest absolute Gasteiger partial charge is 0.261 e. The van der Waals surface area contributed by atoms with E-state index in [1.165, 1.54) is 24.3 Å². The Kier molecular flexibility index (Phi) is 6.53. The van der Waals surface area contributed by atoms with Gasteiger partial charge in [-0.3, -0.25) is 9.59 Å². The van der Waals surface area contributed by atoms with Gasteiger partial charge >= 0.3 is 0 Å². The molecule has 2 amide bonds. The van der Waals surface area contributed by atoms with E-state index in [-0.39, 0.29) is 11.5 Å². The molecule has 1 aromatic heterocycles. The van der Waals surface area contributed by atoms with E-state index >= 15 is 0 Å². The Morgan fingerprint density at radius 1 is 1.06 bits per heavy atom. The molecular formula is C24H25FN4O2S. The van der Waals surface area contributed by atoms with Crippen LogP contribution in [0.5, 0.6) is 0 Å². The summed E-state index contributed by atoms with van der Waals surface area (Å²) in [6.07, 6.45) is -1.74. The summed E-state index contributed by atoms with van der Waals surface area (Å²) < 4.78 is 14.8. The molecule has 0 saturated carbocycles. The molecule has 0 bridgehead atoms. The molecule has 166 valence electrons. The van der Waals surface area contributed by atoms with Crippen molar-refractivity contribution < 1.29 is 14.0 Å². The molecule has 1 atom stereocenters. The largest absolute Gasteiger partial charge is 0.397 e. The summed E-state index contributed by atoms with van der Waals surface area (Å²) in [5, 5.41) is 4.81. The van der Waals surface area contributed by atoms with Crippen molar-refractivity contribution in [3.05, 3.63) is 71.1 Å². The molecule has 1 saturated heterocycles. The Morgan fingerprint density at radius 3 is 2.44 bits per heavy atom. The number of hydrogen-bond acceptors (Lipinski definition) is 5. The van der Waals surface area contributed by atoms with E-state index in [4.69, 9.17) is 5.73 Å². The molecule has 3 aromatic rings. The fraction of sp³-hybridized carbons (Fsp3) is 0.250. The van der Waals surface area contributed by atoms with E-state index in [2.05, 4.69) is 10.2 Å². The zero-order chi connectivity index (χ0) is 22.7. The summed E-state index contributed by atoms with van der Waals surface area (Å²) in [5.74, 6) is -0.888. The first kappa shape index (κ1) is 22.0. The van der Waals surface area contributed by atoms with Gasteiger partial charge in [0.15, 0.2) is 0 Å². The van der Waals surface area contributed by atoms with Crippen molar-refractivity contribution >= 4 is 34.5 Å². The molecule has 0 unspecified atom stereocenters. The highest BCUT2D eigenvalue weighted by molar-refractivity contribution is 7.13. The summed E-state index contributed by atoms with van der Waals surface area (Å²) in [6, 6.07) is 15.5. The number of piperazine rings is 1. The molecule has 2 aromatic carbocycles. The lowest BCUT2D eigenvalue weighted by Crippen LogP contribution is -2.48. The normalized spacial score (nSPS) is 15.4. The van der Waals surface area contributed by atoms with Crippen molar-refractivity contribution in [3.8, 4) is 10.4 Å². The number of likely N-dealkylation sites (N-methyl/N-ethyl adjacent to an activating group) is 1. The Labute approximate surface area is 190 Å². The first-order valence-electron chi connectivity index (χ1n) is 10.4. The molecule has 6 nitrogen and oxygen atoms in total. The SMILES string of the molecule is CN1CCN(C(=O)[C@@H](F)c2ccc(C(=O)Nc3cc(-c4cccs4)ccc3N)cc2)CC1. The van der Waals surface area contributed by atoms with Crippen LogP contribution in [0.25, 0.3) is 10.4 Å². The fourth-order valence-electron chi connectivity index (χ4n) is 3.59. The van der Waals surface area contributed by atoms with Crippen LogP contribution in [0.1, 0.15) is 22.1 Å². The number of nitrogens with zero attached hydrogens (tertiary/aromatic N) is 2. The number of carbonyl (C=O) groups excluding carboxylic acids is 2. The maximum atomic E-state index is 14.8. The highest BCUT2D eigenvalue weighted by Gasteiger charge is 2.27. The average Bonchev–Trinajstić information content (AvgIpc) is 3.35. The number of amides is 2. The van der Waals surface area contributed by atoms with Crippen molar-refractivity contribution in [1.29, 1.82) is 0 Å². The molecule has 2 heterocycles. The van der Waals surface area contributed by atoms with Crippen molar-refractivity contribution in [1.82, 2.24) is 9.80 Å². The Bertz CT molecular complexity index is 1090. The number of rotatable bonds is 5. The van der Waals surface area contributed by atoms with Crippen LogP contribution in [0.2, 0.25) is 0 Å². The number of nitrogen functional groups attached to an aromatic ring is 1. The lowest BCUT2D eigenvalue weighted by Gasteiger charge is -2.33. The van der Waals surface area contributed by atoms with Gasteiger partial charge in [-0.2, -0.15) is 0 Å². The summed E-state index contributed by atoms with van der Waals surface area (Å²) in [6.45, 7) is 2.49. The van der Waals surface area contributed by atoms with Gasteiger partial charge < -0.3 is 20.9 Å². The second kappa shape index (κ2) is 9.50. The van der Waals surface area contributed by atoms with Crippen LogP contribution in [-0.4, -0.2) is 54.8 Å². The van der Waals surface area contributed by atoms with E-state index in [0.29, 0.717) is 30.0 Å². The molecule has 1 aliphatic heterocycles. The third-order valence-corrected chi connectivity index (χ3v) is 6.52. The van der Waals surface area contributed by atoms with Crippen molar-refractivity contribution in [2.75, 3.05) is 44.3 Å². The van der Waals surface area contributed by atoms with Gasteiger partial charge in [0.25, 0.3) is 11.8 Å². The standard InChI is InChI=1S/C24H25FN4O2S/c1-28-10-12-29(13-11-28)24(31)22(25)16-4-6-17(7-5-16)23(30)27-20-15-18(8-9-19(20)26)21-3-2-14-32-21/h2-9,14-15,22H,10-13,26H2,1H3,(H,27,30)/t22-/m0/s1. The average molecular weight is 453 g/mol. The maximum Gasteiger partial charge on any atom is 0.261 e. The molecular weight excluding hydrogens is 427 g/mol. The molecule has 0 aliphatic carbocycles. The van der Waals surface area contributed by atoms with Crippen molar-refractivity contribution in [3.63, 3.8) is 0 Å². The first-order chi connectivity index (χ1) is 15.4. The second-order valence-corrected chi connectivity index (χ2v) is 8.79. The van der Waals surface area contributed by atoms with Gasteiger partial charge in [0.2, 0.25) is 6.17 Å². The molecule has 1 fully saturated rings. The minimum Gasteiger partial charge on any atom is -0.397 e. The molecule has 3 N–H and O–H groups in total. The van der Waals surface area contributed by atoms with Crippen LogP contribution in [0.4, 0.5) is 15.8 Å². The first-order valence-corrected chi connectivity index (χ1v) is 11.3. The lowest BCUT2D eigenvalue weighted by molar-refractivity contribution is -0.138. The number of nitrogens with one attached hydrogen (secondary N) is 1. The quantitative estimate of drug-likeness (QED) is 0.573. The van der Waals surface area contributed by atoms with Gasteiger partial charge in [-0.1, -0.05) is 24.3 Å². The van der Waals surface area contributed by atoms with E-state index in [9.17, 15) is 14.0 Å². The zero-order valence-corrected chi connectivity index (χ0v) is 18.6. The van der Waals surface area contributed by atoms with Crippen LogP contribution in [-0.2, 0) is 4.79 Å². The summed E-state index contributed by atoms with van der Waals surface area (Å²) >= 11 is 1.60. The molecule has 32 heavy (non-hydrogen) atoms. The predicted octanol–water partition coefficient (Wildman–Crippen LogP) is 4.03. The summed E-state index contributed by atoms with van der Waals surface area (Å²) in [4.78, 5) is 29.9. The topological polar surface area (TPSA) is 78.7 Å². The van der Waals surface area contributed by atoms with Crippen LogP contribution in [0.15, 0.2) is 60.0 Å². The van der Waals surface area contributed by atoms with Crippen LogP contribution in [0.3, 0.4) is 0 Å². The minimum absolute atomic E-state index is 0.240. The number of carbonyl (C=O) groups is 2. The van der Waals surface area contributed by atoms with Gasteiger partial charge in [0, 0.05) is 36.6 Å². The Morgan fingerprint density at radius 2 is 1.78 bits per heavy atom. The molecule has 0 radical (unpaired) electrons. The number of nitrogens with two attached hydrogens (primary N) is 1. The van der Waals surface area contributed by atoms with E-state index < -0.39 is 12.1 Å². The highest BCUT2D eigenvalue weighted by Crippen LogP contribution is 2.30. The molecule has 0 spiro atoms. The predicted molar refractivity (Wildman–Crippen MR) is 126 cm³/mol. The van der Waals surface area contributed by atoms with Crippen LogP contribution in [0, 0.1) is 0 Å². The summed E-state index contributed by atoms with van der Waals surface area (Å²) in [7, 11) is 1.98. The van der Waals surface area contributed by atoms with Gasteiger partial charge in [-0.25, -0.2) is 4.39 Å². The van der Waals surface area contributed by atoms with E-state index in [0.717, 1.165) is 23.5 Å². The molecule has 8 heteroatoms. The zero-order valence-electron chi connectivity index (χ0n) is 17.8. The maximum absolute atomic E-state index is 14.8. The molecule has 4 rings (SSSR count). The Balaban J connectivity index is 1.43. The van der Waals surface area contributed by atoms with Gasteiger partial charge in [-0.15, -0.1) is 11.3 Å². The summed E-state index contributed by atoms with van der Waals surface area (Å²) in [5.41, 5.74) is 8.56. The van der Waals surface area contributed by atoms with Gasteiger partial charge in [0.05, 0.1) is 11.4 Å². The third-order valence-electron chi connectivity index (χ3n) is 5.60. The second-order valence-electron chi connectivity index (χ2n) is 7.85. The highest BCUT2D eigenvalue weighted by atomic mass is 32.1. The number of anilines is 2. The Hall–Kier alpha value is -3.23. The third kappa shape index (κ3) is 4.81. The van der Waals surface area contributed by atoms with Gasteiger partial charge in [0.1, 0.15) is 0 Å². The molecule has 1 aliphatic rings. The minimum atomic E-state index is -1.74. The van der Waals surface area contributed by atoms with Crippen LogP contribution >= 0.6 is 11.3 Å². The van der Waals surface area contributed by atoms with Crippen molar-refractivity contribution in [2.45, 2.75) is 6.17 Å². The van der Waals surface area contributed by atoms with Gasteiger partial charge in [-0.05, 0) is 53.9 Å². The van der Waals surface area contributed by atoms with E-state index in [1.807, 2.05) is 36.7 Å². The number of alkyl halides is 1. The number of benzene rings is 2. The van der Waals surface area contributed by atoms with Crippen LogP contribution < -0.4 is 11.1 Å². The lowest BCUT2D eigenvalue weighted by atomic mass is 10.1.